The lowest BCUT2D eigenvalue weighted by atomic mass is 10.1. The second-order valence-corrected chi connectivity index (χ2v) is 6.74. The van der Waals surface area contributed by atoms with Gasteiger partial charge in [0.15, 0.2) is 5.82 Å². The summed E-state index contributed by atoms with van der Waals surface area (Å²) in [5.74, 6) is 1.53. The number of hydrogen-bond donors (Lipinski definition) is 1. The summed E-state index contributed by atoms with van der Waals surface area (Å²) in [7, 11) is 0. The smallest absolute Gasteiger partial charge is 0.194 e. The van der Waals surface area contributed by atoms with Gasteiger partial charge in [-0.05, 0) is 44.2 Å². The standard InChI is InChI=1S/C17H23N7/c1-17(2,3)24-21-15(20-22-24)12-23(11-10-18)16-9-8-13-6-4-5-7-14(13)19-16/h4-9H,10-12,18H2,1-3H3. The van der Waals surface area contributed by atoms with Gasteiger partial charge in [0, 0.05) is 18.5 Å². The molecule has 2 heterocycles. The number of anilines is 1. The maximum atomic E-state index is 5.78. The van der Waals surface area contributed by atoms with Gasteiger partial charge in [0.25, 0.3) is 0 Å². The van der Waals surface area contributed by atoms with Crippen LogP contribution in [0.25, 0.3) is 10.9 Å². The van der Waals surface area contributed by atoms with Crippen LogP contribution in [0.1, 0.15) is 26.6 Å². The molecule has 1 aromatic carbocycles. The Kier molecular flexibility index (Phi) is 4.44. The number of benzene rings is 1. The highest BCUT2D eigenvalue weighted by atomic mass is 15.6. The first kappa shape index (κ1) is 16.3. The van der Waals surface area contributed by atoms with Crippen molar-refractivity contribution in [3.8, 4) is 0 Å². The summed E-state index contributed by atoms with van der Waals surface area (Å²) < 4.78 is 0. The molecule has 0 bridgehead atoms. The molecule has 0 atom stereocenters. The van der Waals surface area contributed by atoms with E-state index in [2.05, 4.69) is 32.4 Å². The average Bonchev–Trinajstić information content (AvgIpc) is 3.03. The number of rotatable bonds is 5. The highest BCUT2D eigenvalue weighted by molar-refractivity contribution is 5.80. The van der Waals surface area contributed by atoms with Gasteiger partial charge in [-0.2, -0.15) is 4.80 Å². The predicted molar refractivity (Wildman–Crippen MR) is 94.7 cm³/mol. The number of nitrogens with zero attached hydrogens (tertiary/aromatic N) is 6. The molecule has 7 nitrogen and oxygen atoms in total. The van der Waals surface area contributed by atoms with E-state index < -0.39 is 0 Å². The number of aromatic nitrogens is 5. The molecule has 0 saturated heterocycles. The van der Waals surface area contributed by atoms with E-state index in [0.717, 1.165) is 16.7 Å². The molecule has 3 aromatic rings. The van der Waals surface area contributed by atoms with Crippen molar-refractivity contribution in [2.75, 3.05) is 18.0 Å². The van der Waals surface area contributed by atoms with Crippen molar-refractivity contribution in [1.82, 2.24) is 25.2 Å². The van der Waals surface area contributed by atoms with Gasteiger partial charge in [-0.25, -0.2) is 4.98 Å². The molecule has 0 fully saturated rings. The summed E-state index contributed by atoms with van der Waals surface area (Å²) >= 11 is 0. The van der Waals surface area contributed by atoms with E-state index in [1.54, 1.807) is 4.80 Å². The third-order valence-corrected chi connectivity index (χ3v) is 3.69. The average molecular weight is 325 g/mol. The van der Waals surface area contributed by atoms with Crippen LogP contribution in [0.3, 0.4) is 0 Å². The topological polar surface area (TPSA) is 85.8 Å². The van der Waals surface area contributed by atoms with Gasteiger partial charge in [0.05, 0.1) is 17.6 Å². The number of pyridine rings is 1. The molecule has 0 aliphatic heterocycles. The highest BCUT2D eigenvalue weighted by Gasteiger charge is 2.18. The van der Waals surface area contributed by atoms with Crippen molar-refractivity contribution in [2.45, 2.75) is 32.9 Å². The first-order valence-corrected chi connectivity index (χ1v) is 8.07. The van der Waals surface area contributed by atoms with Crippen LogP contribution in [-0.2, 0) is 12.1 Å². The van der Waals surface area contributed by atoms with Crippen molar-refractivity contribution < 1.29 is 0 Å². The lowest BCUT2D eigenvalue weighted by molar-refractivity contribution is 0.305. The molecule has 0 spiro atoms. The molecule has 0 aliphatic carbocycles. The molecule has 0 aliphatic rings. The van der Waals surface area contributed by atoms with Crippen LogP contribution in [-0.4, -0.2) is 38.3 Å². The molecular formula is C17H23N7. The molecule has 7 heteroatoms. The third-order valence-electron chi connectivity index (χ3n) is 3.69. The third kappa shape index (κ3) is 3.51. The Morgan fingerprint density at radius 1 is 1.12 bits per heavy atom. The van der Waals surface area contributed by atoms with Crippen LogP contribution < -0.4 is 10.6 Å². The van der Waals surface area contributed by atoms with Crippen molar-refractivity contribution >= 4 is 16.7 Å². The Labute approximate surface area is 141 Å². The Hall–Kier alpha value is -2.54. The summed E-state index contributed by atoms with van der Waals surface area (Å²) in [4.78, 5) is 8.45. The SMILES string of the molecule is CC(C)(C)n1nnc(CN(CCN)c2ccc3ccccc3n2)n1. The fourth-order valence-corrected chi connectivity index (χ4v) is 2.42. The minimum absolute atomic E-state index is 0.189. The zero-order chi connectivity index (χ0) is 17.2. The van der Waals surface area contributed by atoms with Crippen LogP contribution >= 0.6 is 0 Å². The Bertz CT molecular complexity index is 819. The first-order chi connectivity index (χ1) is 11.5. The predicted octanol–water partition coefficient (Wildman–Crippen LogP) is 1.94. The van der Waals surface area contributed by atoms with Gasteiger partial charge in [0.2, 0.25) is 0 Å². The zero-order valence-corrected chi connectivity index (χ0v) is 14.3. The zero-order valence-electron chi connectivity index (χ0n) is 14.3. The fraction of sp³-hybridized carbons (Fsp3) is 0.412. The van der Waals surface area contributed by atoms with E-state index in [1.807, 2.05) is 45.0 Å². The normalized spacial score (nSPS) is 11.8. The van der Waals surface area contributed by atoms with Crippen molar-refractivity contribution in [3.63, 3.8) is 0 Å². The van der Waals surface area contributed by atoms with Crippen LogP contribution in [0.5, 0.6) is 0 Å². The number of hydrogen-bond acceptors (Lipinski definition) is 6. The van der Waals surface area contributed by atoms with E-state index in [-0.39, 0.29) is 5.54 Å². The van der Waals surface area contributed by atoms with E-state index in [0.29, 0.717) is 25.5 Å². The number of para-hydroxylation sites is 1. The van der Waals surface area contributed by atoms with Gasteiger partial charge >= 0.3 is 0 Å². The molecule has 24 heavy (non-hydrogen) atoms. The van der Waals surface area contributed by atoms with Crippen LogP contribution in [0, 0.1) is 0 Å². The summed E-state index contributed by atoms with van der Waals surface area (Å²) in [5, 5.41) is 13.9. The van der Waals surface area contributed by atoms with E-state index in [4.69, 9.17) is 10.7 Å². The molecule has 2 N–H and O–H groups in total. The van der Waals surface area contributed by atoms with E-state index >= 15 is 0 Å². The second-order valence-electron chi connectivity index (χ2n) is 6.74. The number of fused-ring (bicyclic) bond motifs is 1. The van der Waals surface area contributed by atoms with Crippen LogP contribution in [0.4, 0.5) is 5.82 Å². The minimum atomic E-state index is -0.189. The molecule has 126 valence electrons. The highest BCUT2D eigenvalue weighted by Crippen LogP contribution is 2.19. The molecule has 3 rings (SSSR count). The van der Waals surface area contributed by atoms with Gasteiger partial charge in [-0.3, -0.25) is 0 Å². The molecule has 0 saturated carbocycles. The van der Waals surface area contributed by atoms with Crippen molar-refractivity contribution in [3.05, 3.63) is 42.2 Å². The number of nitrogens with two attached hydrogens (primary N) is 1. The van der Waals surface area contributed by atoms with Crippen molar-refractivity contribution in [1.29, 1.82) is 0 Å². The minimum Gasteiger partial charge on any atom is -0.348 e. The lowest BCUT2D eigenvalue weighted by Gasteiger charge is -2.22. The van der Waals surface area contributed by atoms with Gasteiger partial charge < -0.3 is 10.6 Å². The second kappa shape index (κ2) is 6.52. The Morgan fingerprint density at radius 2 is 1.92 bits per heavy atom. The molecule has 0 radical (unpaired) electrons. The molecule has 0 amide bonds. The lowest BCUT2D eigenvalue weighted by Crippen LogP contribution is -2.30. The fourth-order valence-electron chi connectivity index (χ4n) is 2.42. The maximum absolute atomic E-state index is 5.78. The largest absolute Gasteiger partial charge is 0.348 e. The molecule has 2 aromatic heterocycles. The monoisotopic (exact) mass is 325 g/mol. The summed E-state index contributed by atoms with van der Waals surface area (Å²) in [6.07, 6.45) is 0. The van der Waals surface area contributed by atoms with E-state index in [1.165, 1.54) is 0 Å². The van der Waals surface area contributed by atoms with Gasteiger partial charge in [-0.1, -0.05) is 18.2 Å². The Morgan fingerprint density at radius 3 is 2.62 bits per heavy atom. The van der Waals surface area contributed by atoms with E-state index in [9.17, 15) is 0 Å². The van der Waals surface area contributed by atoms with Gasteiger partial charge in [0.1, 0.15) is 5.82 Å². The van der Waals surface area contributed by atoms with Crippen LogP contribution in [0.2, 0.25) is 0 Å². The molecular weight excluding hydrogens is 302 g/mol. The Balaban J connectivity index is 1.87. The molecule has 0 unspecified atom stereocenters. The van der Waals surface area contributed by atoms with Crippen molar-refractivity contribution in [2.24, 2.45) is 5.73 Å². The maximum Gasteiger partial charge on any atom is 0.194 e. The van der Waals surface area contributed by atoms with Gasteiger partial charge in [-0.15, -0.1) is 10.2 Å². The summed E-state index contributed by atoms with van der Waals surface area (Å²) in [6.45, 7) is 7.86. The van der Waals surface area contributed by atoms with Crippen LogP contribution in [0.15, 0.2) is 36.4 Å². The summed E-state index contributed by atoms with van der Waals surface area (Å²) in [5.41, 5.74) is 6.55. The quantitative estimate of drug-likeness (QED) is 0.771. The first-order valence-electron chi connectivity index (χ1n) is 8.07. The summed E-state index contributed by atoms with van der Waals surface area (Å²) in [6, 6.07) is 12.1. The number of tetrazole rings is 1.